The molecule has 0 saturated carbocycles. The summed E-state index contributed by atoms with van der Waals surface area (Å²) in [6.07, 6.45) is 2.06. The fourth-order valence-electron chi connectivity index (χ4n) is 2.30. The van der Waals surface area contributed by atoms with Crippen LogP contribution in [0.4, 0.5) is 5.69 Å². The molecule has 0 fully saturated rings. The molecule has 0 bridgehead atoms. The first-order chi connectivity index (χ1) is 10.1. The van der Waals surface area contributed by atoms with Crippen molar-refractivity contribution in [3.8, 4) is 11.1 Å². The molecule has 3 N–H and O–H groups in total. The summed E-state index contributed by atoms with van der Waals surface area (Å²) in [5.74, 6) is -0.0141. The monoisotopic (exact) mass is 282 g/mol. The Kier molecular flexibility index (Phi) is 4.99. The molecule has 0 radical (unpaired) electrons. The first kappa shape index (κ1) is 15.1. The molecule has 0 unspecified atom stereocenters. The van der Waals surface area contributed by atoms with Gasteiger partial charge in [0.25, 0.3) is 5.91 Å². The zero-order valence-electron chi connectivity index (χ0n) is 12.6. The van der Waals surface area contributed by atoms with E-state index >= 15 is 0 Å². The second kappa shape index (κ2) is 6.93. The molecule has 0 aromatic heterocycles. The number of hydrogen-bond acceptors (Lipinski definition) is 2. The minimum absolute atomic E-state index is 0.0141. The van der Waals surface area contributed by atoms with Crippen molar-refractivity contribution in [3.63, 3.8) is 0 Å². The zero-order valence-corrected chi connectivity index (χ0v) is 12.6. The number of hydrogen-bond donors (Lipinski definition) is 2. The number of carbonyl (C=O) groups excluding carboxylic acids is 1. The molecule has 2 rings (SSSR count). The molecule has 0 spiro atoms. The Balaban J connectivity index is 2.08. The van der Waals surface area contributed by atoms with Crippen molar-refractivity contribution in [2.45, 2.75) is 32.7 Å². The largest absolute Gasteiger partial charge is 0.399 e. The van der Waals surface area contributed by atoms with Crippen molar-refractivity contribution in [3.05, 3.63) is 54.1 Å². The Bertz CT molecular complexity index is 588. The van der Waals surface area contributed by atoms with Gasteiger partial charge in [-0.05, 0) is 48.7 Å². The predicted molar refractivity (Wildman–Crippen MR) is 88.1 cm³/mol. The van der Waals surface area contributed by atoms with Gasteiger partial charge >= 0.3 is 0 Å². The number of rotatable bonds is 5. The van der Waals surface area contributed by atoms with Gasteiger partial charge in [-0.2, -0.15) is 0 Å². The smallest absolute Gasteiger partial charge is 0.251 e. The van der Waals surface area contributed by atoms with Crippen LogP contribution >= 0.6 is 0 Å². The number of nitrogens with two attached hydrogens (primary N) is 1. The van der Waals surface area contributed by atoms with Crippen LogP contribution in [-0.4, -0.2) is 11.9 Å². The van der Waals surface area contributed by atoms with Crippen molar-refractivity contribution in [2.24, 2.45) is 0 Å². The number of nitrogen functional groups attached to an aromatic ring is 1. The Morgan fingerprint density at radius 1 is 1.05 bits per heavy atom. The third-order valence-corrected chi connectivity index (χ3v) is 3.49. The average molecular weight is 282 g/mol. The zero-order chi connectivity index (χ0) is 15.2. The fourth-order valence-corrected chi connectivity index (χ4v) is 2.30. The molecule has 3 nitrogen and oxygen atoms in total. The lowest BCUT2D eigenvalue weighted by molar-refractivity contribution is 0.0938. The molecule has 0 saturated heterocycles. The van der Waals surface area contributed by atoms with Gasteiger partial charge in [0.1, 0.15) is 0 Å². The van der Waals surface area contributed by atoms with E-state index in [2.05, 4.69) is 12.2 Å². The van der Waals surface area contributed by atoms with Gasteiger partial charge in [0.05, 0.1) is 0 Å². The Hall–Kier alpha value is -2.29. The van der Waals surface area contributed by atoms with Crippen LogP contribution in [0, 0.1) is 0 Å². The molecule has 1 amide bonds. The minimum atomic E-state index is -0.0141. The van der Waals surface area contributed by atoms with Crippen LogP contribution in [0.5, 0.6) is 0 Å². The summed E-state index contributed by atoms with van der Waals surface area (Å²) in [7, 11) is 0. The van der Waals surface area contributed by atoms with Gasteiger partial charge in [0.2, 0.25) is 0 Å². The van der Waals surface area contributed by atoms with E-state index < -0.39 is 0 Å². The summed E-state index contributed by atoms with van der Waals surface area (Å²) in [6, 6.07) is 15.6. The maximum Gasteiger partial charge on any atom is 0.251 e. The van der Waals surface area contributed by atoms with Crippen molar-refractivity contribution < 1.29 is 4.79 Å². The fraction of sp³-hybridized carbons (Fsp3) is 0.278. The van der Waals surface area contributed by atoms with E-state index in [4.69, 9.17) is 5.73 Å². The van der Waals surface area contributed by atoms with E-state index in [1.165, 1.54) is 0 Å². The lowest BCUT2D eigenvalue weighted by Gasteiger charge is -2.13. The van der Waals surface area contributed by atoms with Crippen molar-refractivity contribution in [1.82, 2.24) is 5.32 Å². The summed E-state index contributed by atoms with van der Waals surface area (Å²) < 4.78 is 0. The summed E-state index contributed by atoms with van der Waals surface area (Å²) in [5, 5.41) is 3.01. The number of benzene rings is 2. The number of anilines is 1. The average Bonchev–Trinajstić information content (AvgIpc) is 2.48. The molecule has 2 aromatic carbocycles. The van der Waals surface area contributed by atoms with Crippen LogP contribution in [0.3, 0.4) is 0 Å². The Morgan fingerprint density at radius 2 is 1.57 bits per heavy atom. The molecular weight excluding hydrogens is 260 g/mol. The number of amides is 1. The van der Waals surface area contributed by atoms with Crippen LogP contribution in [-0.2, 0) is 0 Å². The molecular formula is C18H22N2O. The molecule has 0 aliphatic carbocycles. The van der Waals surface area contributed by atoms with Gasteiger partial charge < -0.3 is 11.1 Å². The molecule has 2 aromatic rings. The molecule has 3 heteroatoms. The number of carbonyl (C=O) groups is 1. The Morgan fingerprint density at radius 3 is 2.10 bits per heavy atom. The minimum Gasteiger partial charge on any atom is -0.399 e. The molecule has 1 atom stereocenters. The number of nitrogens with one attached hydrogen (secondary N) is 1. The summed E-state index contributed by atoms with van der Waals surface area (Å²) in [6.45, 7) is 4.15. The standard InChI is InChI=1S/C18H22N2O/c1-3-4-13(2)20-18(21)16-7-5-14(6-8-16)15-9-11-17(19)12-10-15/h5-13H,3-4,19H2,1-2H3,(H,20,21)/t13-/m1/s1. The predicted octanol–water partition coefficient (Wildman–Crippen LogP) is 3.85. The summed E-state index contributed by atoms with van der Waals surface area (Å²) in [4.78, 5) is 12.1. The summed E-state index contributed by atoms with van der Waals surface area (Å²) in [5.41, 5.74) is 9.30. The molecule has 0 aliphatic heterocycles. The second-order valence-corrected chi connectivity index (χ2v) is 5.36. The van der Waals surface area contributed by atoms with Crippen molar-refractivity contribution >= 4 is 11.6 Å². The normalized spacial score (nSPS) is 11.9. The van der Waals surface area contributed by atoms with E-state index in [1.807, 2.05) is 55.5 Å². The van der Waals surface area contributed by atoms with E-state index in [9.17, 15) is 4.79 Å². The topological polar surface area (TPSA) is 55.1 Å². The molecule has 0 heterocycles. The molecule has 21 heavy (non-hydrogen) atoms. The highest BCUT2D eigenvalue weighted by atomic mass is 16.1. The van der Waals surface area contributed by atoms with Crippen molar-refractivity contribution in [1.29, 1.82) is 0 Å². The van der Waals surface area contributed by atoms with Gasteiger partial charge in [-0.15, -0.1) is 0 Å². The highest BCUT2D eigenvalue weighted by Crippen LogP contribution is 2.21. The first-order valence-corrected chi connectivity index (χ1v) is 7.37. The second-order valence-electron chi connectivity index (χ2n) is 5.36. The van der Waals surface area contributed by atoms with Gasteiger partial charge in [-0.1, -0.05) is 37.6 Å². The lowest BCUT2D eigenvalue weighted by Crippen LogP contribution is -2.32. The third kappa shape index (κ3) is 4.09. The summed E-state index contributed by atoms with van der Waals surface area (Å²) >= 11 is 0. The highest BCUT2D eigenvalue weighted by molar-refractivity contribution is 5.94. The van der Waals surface area contributed by atoms with Crippen LogP contribution in [0.25, 0.3) is 11.1 Å². The van der Waals surface area contributed by atoms with E-state index in [0.717, 1.165) is 29.7 Å². The first-order valence-electron chi connectivity index (χ1n) is 7.37. The molecule has 0 aliphatic rings. The van der Waals surface area contributed by atoms with Crippen LogP contribution < -0.4 is 11.1 Å². The maximum atomic E-state index is 12.1. The van der Waals surface area contributed by atoms with Crippen LogP contribution in [0.15, 0.2) is 48.5 Å². The van der Waals surface area contributed by atoms with E-state index in [0.29, 0.717) is 5.56 Å². The Labute approximate surface area is 126 Å². The van der Waals surface area contributed by atoms with Gasteiger partial charge in [-0.25, -0.2) is 0 Å². The lowest BCUT2D eigenvalue weighted by atomic mass is 10.0. The van der Waals surface area contributed by atoms with Gasteiger partial charge in [0, 0.05) is 17.3 Å². The maximum absolute atomic E-state index is 12.1. The third-order valence-electron chi connectivity index (χ3n) is 3.49. The van der Waals surface area contributed by atoms with E-state index in [-0.39, 0.29) is 11.9 Å². The van der Waals surface area contributed by atoms with Crippen LogP contribution in [0.2, 0.25) is 0 Å². The quantitative estimate of drug-likeness (QED) is 0.818. The molecule has 110 valence electrons. The van der Waals surface area contributed by atoms with Gasteiger partial charge in [0.15, 0.2) is 0 Å². The van der Waals surface area contributed by atoms with Crippen molar-refractivity contribution in [2.75, 3.05) is 5.73 Å². The van der Waals surface area contributed by atoms with Gasteiger partial charge in [-0.3, -0.25) is 4.79 Å². The van der Waals surface area contributed by atoms with E-state index in [1.54, 1.807) is 0 Å². The SMILES string of the molecule is CCC[C@@H](C)NC(=O)c1ccc(-c2ccc(N)cc2)cc1. The van der Waals surface area contributed by atoms with Crippen LogP contribution in [0.1, 0.15) is 37.0 Å². The highest BCUT2D eigenvalue weighted by Gasteiger charge is 2.09.